The summed E-state index contributed by atoms with van der Waals surface area (Å²) in [4.78, 5) is 42.2. The molecule has 2 N–H and O–H groups in total. The maximum absolute atomic E-state index is 13.3. The number of piperazine rings is 1. The highest BCUT2D eigenvalue weighted by atomic mass is 35.5. The number of rotatable bonds is 6. The molecule has 3 rings (SSSR count). The molecule has 2 atom stereocenters. The third-order valence-electron chi connectivity index (χ3n) is 5.88. The molecule has 0 spiro atoms. The van der Waals surface area contributed by atoms with E-state index in [9.17, 15) is 14.4 Å². The minimum absolute atomic E-state index is 0.0436. The van der Waals surface area contributed by atoms with E-state index in [0.717, 1.165) is 5.56 Å². The number of halogens is 2. The summed E-state index contributed by atoms with van der Waals surface area (Å²) in [5, 5.41) is 5.98. The molecule has 1 heterocycles. The average molecular weight is 505 g/mol. The van der Waals surface area contributed by atoms with Crippen LogP contribution in [0.15, 0.2) is 48.5 Å². The smallest absolute Gasteiger partial charge is 0.319 e. The maximum Gasteiger partial charge on any atom is 0.319 e. The van der Waals surface area contributed by atoms with Crippen LogP contribution in [-0.2, 0) is 16.0 Å². The summed E-state index contributed by atoms with van der Waals surface area (Å²) in [6.45, 7) is 6.96. The number of anilines is 1. The Morgan fingerprint density at radius 3 is 2.38 bits per heavy atom. The fourth-order valence-electron chi connectivity index (χ4n) is 4.01. The second-order valence-corrected chi connectivity index (χ2v) is 9.59. The van der Waals surface area contributed by atoms with Gasteiger partial charge in [0.05, 0.1) is 22.2 Å². The van der Waals surface area contributed by atoms with Crippen LogP contribution in [0, 0.1) is 5.92 Å². The summed E-state index contributed by atoms with van der Waals surface area (Å²) in [5.74, 6) is -0.271. The van der Waals surface area contributed by atoms with Gasteiger partial charge in [0.2, 0.25) is 11.8 Å². The lowest BCUT2D eigenvalue weighted by molar-refractivity contribution is -0.143. The van der Waals surface area contributed by atoms with Gasteiger partial charge in [0.1, 0.15) is 6.04 Å². The number of nitrogens with one attached hydrogen (secondary N) is 2. The van der Waals surface area contributed by atoms with E-state index in [1.54, 1.807) is 23.1 Å². The summed E-state index contributed by atoms with van der Waals surface area (Å²) in [6, 6.07) is 13.2. The Morgan fingerprint density at radius 2 is 1.74 bits per heavy atom. The first-order valence-electron chi connectivity index (χ1n) is 11.3. The Balaban J connectivity index is 1.60. The molecule has 0 saturated carbocycles. The Bertz CT molecular complexity index is 1030. The third kappa shape index (κ3) is 6.42. The number of nitrogens with zero attached hydrogens (tertiary/aromatic N) is 2. The predicted octanol–water partition coefficient (Wildman–Crippen LogP) is 4.44. The van der Waals surface area contributed by atoms with Crippen molar-refractivity contribution < 1.29 is 14.4 Å². The van der Waals surface area contributed by atoms with Crippen molar-refractivity contribution in [2.75, 3.05) is 25.0 Å². The van der Waals surface area contributed by atoms with Gasteiger partial charge < -0.3 is 20.4 Å². The van der Waals surface area contributed by atoms with Gasteiger partial charge in [-0.3, -0.25) is 9.59 Å². The lowest BCUT2D eigenvalue weighted by atomic mass is 10.0. The van der Waals surface area contributed by atoms with E-state index >= 15 is 0 Å². The van der Waals surface area contributed by atoms with Gasteiger partial charge in [0.25, 0.3) is 0 Å². The predicted molar refractivity (Wildman–Crippen MR) is 135 cm³/mol. The second kappa shape index (κ2) is 11.6. The lowest BCUT2D eigenvalue weighted by Crippen LogP contribution is -2.60. The van der Waals surface area contributed by atoms with Gasteiger partial charge in [-0.15, -0.1) is 0 Å². The zero-order valence-corrected chi connectivity index (χ0v) is 21.1. The molecule has 1 aliphatic heterocycles. The standard InChI is InChI=1S/C25H30Cl2N4O3/c1-16(2)23(29-25(34)28-20-11-7-10-19(26)22(20)27)24(33)30-12-13-31(17(3)15-30)21(32)14-18-8-5-4-6-9-18/h4-11,16-17,23H,12-15H2,1-3H3,(H2,28,29,34). The summed E-state index contributed by atoms with van der Waals surface area (Å²) in [5.41, 5.74) is 1.33. The van der Waals surface area contributed by atoms with Crippen molar-refractivity contribution >= 4 is 46.7 Å². The van der Waals surface area contributed by atoms with Crippen molar-refractivity contribution in [1.82, 2.24) is 15.1 Å². The topological polar surface area (TPSA) is 81.8 Å². The molecule has 0 radical (unpaired) electrons. The minimum atomic E-state index is -0.725. The van der Waals surface area contributed by atoms with Crippen molar-refractivity contribution in [1.29, 1.82) is 0 Å². The molecule has 4 amide bonds. The molecule has 1 fully saturated rings. The molecule has 2 aromatic carbocycles. The molecule has 2 unspecified atom stereocenters. The van der Waals surface area contributed by atoms with Crippen molar-refractivity contribution in [3.05, 3.63) is 64.1 Å². The normalized spacial score (nSPS) is 16.8. The fraction of sp³-hybridized carbons (Fsp3) is 0.400. The fourth-order valence-corrected chi connectivity index (χ4v) is 4.36. The number of hydrogen-bond donors (Lipinski definition) is 2. The molecule has 0 aromatic heterocycles. The van der Waals surface area contributed by atoms with Crippen LogP contribution in [0.1, 0.15) is 26.3 Å². The summed E-state index contributed by atoms with van der Waals surface area (Å²) < 4.78 is 0. The Labute approximate surface area is 210 Å². The number of carbonyl (C=O) groups is 3. The first-order valence-corrected chi connectivity index (χ1v) is 12.1. The first-order chi connectivity index (χ1) is 16.2. The van der Waals surface area contributed by atoms with Crippen molar-refractivity contribution in [3.63, 3.8) is 0 Å². The van der Waals surface area contributed by atoms with Crippen molar-refractivity contribution in [2.45, 2.75) is 39.3 Å². The van der Waals surface area contributed by atoms with E-state index < -0.39 is 12.1 Å². The van der Waals surface area contributed by atoms with Gasteiger partial charge in [-0.25, -0.2) is 4.79 Å². The molecule has 1 saturated heterocycles. The van der Waals surface area contributed by atoms with Crippen LogP contribution in [0.5, 0.6) is 0 Å². The van der Waals surface area contributed by atoms with Crippen LogP contribution in [0.2, 0.25) is 10.0 Å². The van der Waals surface area contributed by atoms with Gasteiger partial charge in [-0.1, -0.05) is 73.4 Å². The van der Waals surface area contributed by atoms with Gasteiger partial charge >= 0.3 is 6.03 Å². The van der Waals surface area contributed by atoms with Crippen molar-refractivity contribution in [3.8, 4) is 0 Å². The van der Waals surface area contributed by atoms with Crippen LogP contribution in [-0.4, -0.2) is 59.4 Å². The Kier molecular flexibility index (Phi) is 8.80. The molecule has 2 aromatic rings. The maximum atomic E-state index is 13.3. The molecule has 34 heavy (non-hydrogen) atoms. The van der Waals surface area contributed by atoms with E-state index in [-0.39, 0.29) is 28.8 Å². The zero-order chi connectivity index (χ0) is 24.8. The van der Waals surface area contributed by atoms with E-state index in [2.05, 4.69) is 10.6 Å². The minimum Gasteiger partial charge on any atom is -0.337 e. The third-order valence-corrected chi connectivity index (χ3v) is 6.70. The molecule has 182 valence electrons. The van der Waals surface area contributed by atoms with Crippen LogP contribution in [0.3, 0.4) is 0 Å². The molecule has 9 heteroatoms. The highest BCUT2D eigenvalue weighted by Gasteiger charge is 2.34. The lowest BCUT2D eigenvalue weighted by Gasteiger charge is -2.41. The second-order valence-electron chi connectivity index (χ2n) is 8.80. The SMILES string of the molecule is CC(C)C(NC(=O)Nc1cccc(Cl)c1Cl)C(=O)N1CCN(C(=O)Cc2ccccc2)C(C)C1. The van der Waals surface area contributed by atoms with E-state index in [4.69, 9.17) is 23.2 Å². The van der Waals surface area contributed by atoms with Crippen molar-refractivity contribution in [2.24, 2.45) is 5.92 Å². The number of carbonyl (C=O) groups excluding carboxylic acids is 3. The van der Waals surface area contributed by atoms with Crippen LogP contribution < -0.4 is 10.6 Å². The van der Waals surface area contributed by atoms with Crippen LogP contribution >= 0.6 is 23.2 Å². The number of benzene rings is 2. The van der Waals surface area contributed by atoms with Gasteiger partial charge in [0, 0.05) is 25.7 Å². The van der Waals surface area contributed by atoms with E-state index in [1.807, 2.05) is 56.0 Å². The quantitative estimate of drug-likeness (QED) is 0.609. The monoisotopic (exact) mass is 504 g/mol. The van der Waals surface area contributed by atoms with Crippen LogP contribution in [0.4, 0.5) is 10.5 Å². The van der Waals surface area contributed by atoms with Gasteiger partial charge in [-0.05, 0) is 30.5 Å². The van der Waals surface area contributed by atoms with Crippen LogP contribution in [0.25, 0.3) is 0 Å². The van der Waals surface area contributed by atoms with E-state index in [1.165, 1.54) is 0 Å². The highest BCUT2D eigenvalue weighted by molar-refractivity contribution is 6.43. The molecule has 0 aliphatic carbocycles. The van der Waals surface area contributed by atoms with Gasteiger partial charge in [0.15, 0.2) is 0 Å². The molecule has 1 aliphatic rings. The number of amides is 4. The Hall–Kier alpha value is -2.77. The zero-order valence-electron chi connectivity index (χ0n) is 19.6. The molecular formula is C25H30Cl2N4O3. The Morgan fingerprint density at radius 1 is 1.03 bits per heavy atom. The molecule has 0 bridgehead atoms. The first kappa shape index (κ1) is 25.8. The molecule has 7 nitrogen and oxygen atoms in total. The summed E-state index contributed by atoms with van der Waals surface area (Å²) >= 11 is 12.2. The summed E-state index contributed by atoms with van der Waals surface area (Å²) in [6.07, 6.45) is 0.335. The summed E-state index contributed by atoms with van der Waals surface area (Å²) in [7, 11) is 0. The largest absolute Gasteiger partial charge is 0.337 e. The molecular weight excluding hydrogens is 475 g/mol. The highest BCUT2D eigenvalue weighted by Crippen LogP contribution is 2.29. The average Bonchev–Trinajstić information content (AvgIpc) is 2.80. The van der Waals surface area contributed by atoms with E-state index in [0.29, 0.717) is 36.8 Å². The number of urea groups is 1. The number of hydrogen-bond acceptors (Lipinski definition) is 3. The van der Waals surface area contributed by atoms with Gasteiger partial charge in [-0.2, -0.15) is 0 Å².